The fourth-order valence-corrected chi connectivity index (χ4v) is 5.31. The molecule has 4 aliphatic carbocycles. The Bertz CT molecular complexity index is 821. The summed E-state index contributed by atoms with van der Waals surface area (Å²) < 4.78 is 5.30. The molecule has 1 saturated heterocycles. The van der Waals surface area contributed by atoms with Gasteiger partial charge in [0, 0.05) is 0 Å². The second-order valence-electron chi connectivity index (χ2n) is 8.14. The van der Waals surface area contributed by atoms with Crippen molar-refractivity contribution in [3.8, 4) is 0 Å². The highest BCUT2D eigenvalue weighted by Crippen LogP contribution is 2.65. The van der Waals surface area contributed by atoms with Crippen LogP contribution >= 0.6 is 0 Å². The highest BCUT2D eigenvalue weighted by Gasteiger charge is 2.67. The van der Waals surface area contributed by atoms with E-state index in [1.807, 2.05) is 0 Å². The Balaban J connectivity index is 1.54. The SMILES string of the molecule is CC(C)OC(=O)c1ccccc1N1C(=O)[C@@H]2[C@H]3C=C[C@@H]([C@@H]4C[C@@H]34)[C@H]2C1=O. The minimum Gasteiger partial charge on any atom is -0.459 e. The third kappa shape index (κ3) is 2.00. The zero-order valence-corrected chi connectivity index (χ0v) is 14.8. The Kier molecular flexibility index (Phi) is 3.21. The number of benzene rings is 1. The summed E-state index contributed by atoms with van der Waals surface area (Å²) in [5.74, 6) is 0.107. The summed E-state index contributed by atoms with van der Waals surface area (Å²) in [7, 11) is 0. The lowest BCUT2D eigenvalue weighted by molar-refractivity contribution is -0.124. The molecule has 6 rings (SSSR count). The van der Waals surface area contributed by atoms with Gasteiger partial charge in [0.2, 0.25) is 11.8 Å². The van der Waals surface area contributed by atoms with Gasteiger partial charge in [-0.05, 0) is 56.1 Å². The van der Waals surface area contributed by atoms with Crippen LogP contribution in [0.2, 0.25) is 0 Å². The highest BCUT2D eigenvalue weighted by molar-refractivity contribution is 6.24. The number of rotatable bonds is 3. The molecular weight excluding hydrogens is 330 g/mol. The van der Waals surface area contributed by atoms with Crippen molar-refractivity contribution < 1.29 is 19.1 Å². The van der Waals surface area contributed by atoms with E-state index in [1.165, 1.54) is 4.90 Å². The van der Waals surface area contributed by atoms with Gasteiger partial charge in [-0.25, -0.2) is 9.69 Å². The molecule has 5 nitrogen and oxygen atoms in total. The molecule has 0 unspecified atom stereocenters. The van der Waals surface area contributed by atoms with Gasteiger partial charge in [0.1, 0.15) is 0 Å². The van der Waals surface area contributed by atoms with Gasteiger partial charge in [-0.2, -0.15) is 0 Å². The highest BCUT2D eigenvalue weighted by atomic mass is 16.5. The molecular formula is C21H21NO4. The lowest BCUT2D eigenvalue weighted by Crippen LogP contribution is -2.40. The number of nitrogens with zero attached hydrogens (tertiary/aromatic N) is 1. The van der Waals surface area contributed by atoms with Crippen LogP contribution in [-0.4, -0.2) is 23.9 Å². The first-order valence-electron chi connectivity index (χ1n) is 9.35. The van der Waals surface area contributed by atoms with Gasteiger partial charge >= 0.3 is 5.97 Å². The largest absolute Gasteiger partial charge is 0.459 e. The maximum Gasteiger partial charge on any atom is 0.340 e. The number of allylic oxidation sites excluding steroid dienone is 2. The number of para-hydroxylation sites is 1. The lowest BCUT2D eigenvalue weighted by Gasteiger charge is -2.37. The topological polar surface area (TPSA) is 63.7 Å². The van der Waals surface area contributed by atoms with Crippen molar-refractivity contribution >= 4 is 23.5 Å². The summed E-state index contributed by atoms with van der Waals surface area (Å²) in [6.07, 6.45) is 5.16. The number of amides is 2. The van der Waals surface area contributed by atoms with E-state index in [2.05, 4.69) is 12.2 Å². The Morgan fingerprint density at radius 1 is 1.04 bits per heavy atom. The van der Waals surface area contributed by atoms with Crippen LogP contribution in [0.15, 0.2) is 36.4 Å². The molecule has 5 heteroatoms. The van der Waals surface area contributed by atoms with Crippen LogP contribution in [-0.2, 0) is 14.3 Å². The van der Waals surface area contributed by atoms with Gasteiger partial charge in [0.15, 0.2) is 0 Å². The number of anilines is 1. The summed E-state index contributed by atoms with van der Waals surface area (Å²) in [5.41, 5.74) is 0.627. The number of carbonyl (C=O) groups is 3. The number of hydrogen-bond donors (Lipinski definition) is 0. The monoisotopic (exact) mass is 351 g/mol. The summed E-state index contributed by atoms with van der Waals surface area (Å²) in [5, 5.41) is 0. The molecule has 0 radical (unpaired) electrons. The molecule has 1 heterocycles. The number of carbonyl (C=O) groups excluding carboxylic acids is 3. The molecule has 1 aliphatic heterocycles. The van der Waals surface area contributed by atoms with Crippen molar-refractivity contribution in [1.29, 1.82) is 0 Å². The standard InChI is InChI=1S/C21H21NO4/c1-10(2)26-21(25)13-5-3-4-6-16(13)22-19(23)17-11-7-8-12(15-9-14(11)15)18(17)20(22)24/h3-8,10-12,14-15,17-18H,9H2,1-2H3/t11-,12-,14-,15-,17+,18+/m0/s1. The number of esters is 1. The quantitative estimate of drug-likeness (QED) is 0.477. The predicted molar refractivity (Wildman–Crippen MR) is 94.2 cm³/mol. The van der Waals surface area contributed by atoms with Crippen LogP contribution in [0.25, 0.3) is 0 Å². The van der Waals surface area contributed by atoms with Crippen LogP contribution in [0, 0.1) is 35.5 Å². The Morgan fingerprint density at radius 2 is 1.62 bits per heavy atom. The molecule has 5 aliphatic rings. The zero-order chi connectivity index (χ0) is 18.2. The minimum absolute atomic E-state index is 0.158. The molecule has 2 bridgehead atoms. The lowest BCUT2D eigenvalue weighted by atomic mass is 9.63. The smallest absolute Gasteiger partial charge is 0.340 e. The van der Waals surface area contributed by atoms with Crippen molar-refractivity contribution in [3.05, 3.63) is 42.0 Å². The second-order valence-corrected chi connectivity index (χ2v) is 8.14. The molecule has 0 aromatic heterocycles. The molecule has 2 saturated carbocycles. The number of ether oxygens (including phenoxy) is 1. The van der Waals surface area contributed by atoms with Gasteiger partial charge in [-0.3, -0.25) is 9.59 Å². The minimum atomic E-state index is -0.505. The van der Waals surface area contributed by atoms with Crippen molar-refractivity contribution in [2.45, 2.75) is 26.4 Å². The fraction of sp³-hybridized carbons (Fsp3) is 0.476. The van der Waals surface area contributed by atoms with Crippen molar-refractivity contribution in [2.75, 3.05) is 4.90 Å². The molecule has 0 spiro atoms. The first-order valence-corrected chi connectivity index (χ1v) is 9.35. The van der Waals surface area contributed by atoms with Crippen molar-refractivity contribution in [2.24, 2.45) is 35.5 Å². The summed E-state index contributed by atoms with van der Waals surface area (Å²) >= 11 is 0. The predicted octanol–water partition coefficient (Wildman–Crippen LogP) is 2.81. The summed E-state index contributed by atoms with van der Waals surface area (Å²) in [4.78, 5) is 40.2. The first kappa shape index (κ1) is 15.8. The van der Waals surface area contributed by atoms with Crippen LogP contribution in [0.3, 0.4) is 0 Å². The third-order valence-corrected chi connectivity index (χ3v) is 6.37. The van der Waals surface area contributed by atoms with Crippen molar-refractivity contribution in [3.63, 3.8) is 0 Å². The number of hydrogen-bond acceptors (Lipinski definition) is 4. The van der Waals surface area contributed by atoms with E-state index in [4.69, 9.17) is 4.74 Å². The van der Waals surface area contributed by atoms with E-state index in [9.17, 15) is 14.4 Å². The van der Waals surface area contributed by atoms with Crippen molar-refractivity contribution in [1.82, 2.24) is 0 Å². The normalized spacial score (nSPS) is 36.3. The third-order valence-electron chi connectivity index (χ3n) is 6.37. The van der Waals surface area contributed by atoms with Gasteiger partial charge < -0.3 is 4.74 Å². The average Bonchev–Trinajstić information content (AvgIpc) is 3.39. The Morgan fingerprint density at radius 3 is 2.19 bits per heavy atom. The van der Waals surface area contributed by atoms with E-state index < -0.39 is 5.97 Å². The van der Waals surface area contributed by atoms with Gasteiger partial charge in [0.05, 0.1) is 29.2 Å². The van der Waals surface area contributed by atoms with E-state index in [1.54, 1.807) is 38.1 Å². The average molecular weight is 351 g/mol. The molecule has 2 amide bonds. The Hall–Kier alpha value is -2.43. The molecule has 0 N–H and O–H groups in total. The van der Waals surface area contributed by atoms with Crippen LogP contribution in [0.5, 0.6) is 0 Å². The van der Waals surface area contributed by atoms with Crippen LogP contribution in [0.4, 0.5) is 5.69 Å². The van der Waals surface area contributed by atoms with E-state index in [0.29, 0.717) is 17.5 Å². The van der Waals surface area contributed by atoms with E-state index in [0.717, 1.165) is 6.42 Å². The second kappa shape index (κ2) is 5.29. The summed E-state index contributed by atoms with van der Waals surface area (Å²) in [6.45, 7) is 3.55. The number of imide groups is 1. The van der Waals surface area contributed by atoms with Crippen LogP contribution in [0.1, 0.15) is 30.6 Å². The molecule has 3 fully saturated rings. The maximum absolute atomic E-state index is 13.2. The summed E-state index contributed by atoms with van der Waals surface area (Å²) in [6, 6.07) is 6.75. The van der Waals surface area contributed by atoms with Gasteiger partial charge in [-0.1, -0.05) is 24.3 Å². The molecule has 6 atom stereocenters. The van der Waals surface area contributed by atoms with E-state index >= 15 is 0 Å². The van der Waals surface area contributed by atoms with Crippen LogP contribution < -0.4 is 4.90 Å². The van der Waals surface area contributed by atoms with Gasteiger partial charge in [-0.15, -0.1) is 0 Å². The van der Waals surface area contributed by atoms with E-state index in [-0.39, 0.29) is 47.2 Å². The Labute approximate surface area is 152 Å². The molecule has 134 valence electrons. The first-order chi connectivity index (χ1) is 12.5. The fourth-order valence-electron chi connectivity index (χ4n) is 5.31. The molecule has 26 heavy (non-hydrogen) atoms. The molecule has 1 aromatic rings. The zero-order valence-electron chi connectivity index (χ0n) is 14.8. The van der Waals surface area contributed by atoms with Gasteiger partial charge in [0.25, 0.3) is 0 Å². The molecule has 1 aromatic carbocycles. The maximum atomic E-state index is 13.2.